The fourth-order valence-corrected chi connectivity index (χ4v) is 1.92. The highest BCUT2D eigenvalue weighted by atomic mass is 16.6. The van der Waals surface area contributed by atoms with Gasteiger partial charge in [-0.05, 0) is 49.4 Å². The number of hydrogen-bond acceptors (Lipinski definition) is 4. The van der Waals surface area contributed by atoms with Gasteiger partial charge in [-0.25, -0.2) is 0 Å². The summed E-state index contributed by atoms with van der Waals surface area (Å²) in [4.78, 5) is 10.2. The molecule has 0 radical (unpaired) electrons. The van der Waals surface area contributed by atoms with Gasteiger partial charge in [-0.15, -0.1) is 0 Å². The van der Waals surface area contributed by atoms with Gasteiger partial charge in [0, 0.05) is 18.2 Å². The number of nitro groups is 1. The zero-order chi connectivity index (χ0) is 15.2. The quantitative estimate of drug-likeness (QED) is 0.652. The van der Waals surface area contributed by atoms with Crippen molar-refractivity contribution in [1.82, 2.24) is 5.32 Å². The second kappa shape index (κ2) is 6.85. The third kappa shape index (κ3) is 4.03. The number of ether oxygens (including phenoxy) is 1. The Bertz CT molecular complexity index is 611. The lowest BCUT2D eigenvalue weighted by Gasteiger charge is -2.12. The van der Waals surface area contributed by atoms with Crippen molar-refractivity contribution in [1.29, 1.82) is 0 Å². The maximum absolute atomic E-state index is 10.6. The van der Waals surface area contributed by atoms with Crippen LogP contribution in [0.5, 0.6) is 5.75 Å². The lowest BCUT2D eigenvalue weighted by molar-refractivity contribution is -0.384. The van der Waals surface area contributed by atoms with Crippen LogP contribution in [0.4, 0.5) is 5.69 Å². The van der Waals surface area contributed by atoms with E-state index in [4.69, 9.17) is 4.74 Å². The van der Waals surface area contributed by atoms with E-state index in [0.29, 0.717) is 6.61 Å². The summed E-state index contributed by atoms with van der Waals surface area (Å²) in [5.74, 6) is 0.785. The predicted octanol–water partition coefficient (Wildman–Crippen LogP) is 3.45. The van der Waals surface area contributed by atoms with E-state index in [2.05, 4.69) is 12.2 Å². The minimum atomic E-state index is -0.409. The van der Waals surface area contributed by atoms with Crippen molar-refractivity contribution in [2.45, 2.75) is 19.6 Å². The van der Waals surface area contributed by atoms with Crippen molar-refractivity contribution < 1.29 is 9.66 Å². The third-order valence-corrected chi connectivity index (χ3v) is 3.34. The predicted molar refractivity (Wildman–Crippen MR) is 81.3 cm³/mol. The Hall–Kier alpha value is -2.40. The minimum Gasteiger partial charge on any atom is -0.489 e. The fourth-order valence-electron chi connectivity index (χ4n) is 1.92. The molecule has 0 aliphatic heterocycles. The van der Waals surface area contributed by atoms with Crippen LogP contribution in [0.2, 0.25) is 0 Å². The van der Waals surface area contributed by atoms with Crippen molar-refractivity contribution in [2.75, 3.05) is 7.05 Å². The molecule has 21 heavy (non-hydrogen) atoms. The maximum atomic E-state index is 10.6. The molecule has 0 spiro atoms. The van der Waals surface area contributed by atoms with E-state index in [1.54, 1.807) is 12.1 Å². The topological polar surface area (TPSA) is 64.4 Å². The number of benzene rings is 2. The van der Waals surface area contributed by atoms with Gasteiger partial charge < -0.3 is 10.1 Å². The van der Waals surface area contributed by atoms with E-state index in [0.717, 1.165) is 16.9 Å². The average molecular weight is 286 g/mol. The lowest BCUT2D eigenvalue weighted by Crippen LogP contribution is -2.12. The zero-order valence-electron chi connectivity index (χ0n) is 12.1. The monoisotopic (exact) mass is 286 g/mol. The first kappa shape index (κ1) is 15.0. The Morgan fingerprint density at radius 3 is 2.57 bits per heavy atom. The minimum absolute atomic E-state index is 0.0867. The van der Waals surface area contributed by atoms with Crippen LogP contribution in [0.25, 0.3) is 0 Å². The summed E-state index contributed by atoms with van der Waals surface area (Å²) in [6, 6.07) is 14.5. The van der Waals surface area contributed by atoms with E-state index in [9.17, 15) is 10.1 Å². The summed E-state index contributed by atoms with van der Waals surface area (Å²) in [6.07, 6.45) is 0. The number of non-ortho nitro benzene ring substituents is 1. The fraction of sp³-hybridized carbons (Fsp3) is 0.250. The summed E-state index contributed by atoms with van der Waals surface area (Å²) in [7, 11) is 1.91. The van der Waals surface area contributed by atoms with Gasteiger partial charge in [0.15, 0.2) is 0 Å². The Balaban J connectivity index is 2.01. The number of nitrogens with one attached hydrogen (secondary N) is 1. The molecule has 0 aliphatic rings. The molecule has 1 atom stereocenters. The van der Waals surface area contributed by atoms with E-state index in [1.165, 1.54) is 12.1 Å². The number of hydrogen-bond donors (Lipinski definition) is 1. The van der Waals surface area contributed by atoms with Gasteiger partial charge in [-0.3, -0.25) is 10.1 Å². The van der Waals surface area contributed by atoms with Crippen molar-refractivity contribution >= 4 is 5.69 Å². The van der Waals surface area contributed by atoms with Crippen LogP contribution in [0.3, 0.4) is 0 Å². The Labute approximate surface area is 123 Å². The smallest absolute Gasteiger partial charge is 0.269 e. The Kier molecular flexibility index (Phi) is 4.90. The van der Waals surface area contributed by atoms with Gasteiger partial charge in [0.1, 0.15) is 12.4 Å². The molecule has 0 saturated heterocycles. The van der Waals surface area contributed by atoms with Crippen LogP contribution in [-0.4, -0.2) is 12.0 Å². The maximum Gasteiger partial charge on any atom is 0.269 e. The molecule has 2 aromatic rings. The SMILES string of the molecule is CNC(C)c1cccc(OCc2ccc([N+](=O)[O-])cc2)c1. The molecule has 5 heteroatoms. The van der Waals surface area contributed by atoms with Crippen LogP contribution in [0.15, 0.2) is 48.5 Å². The molecule has 0 saturated carbocycles. The van der Waals surface area contributed by atoms with Crippen LogP contribution in [-0.2, 0) is 6.61 Å². The van der Waals surface area contributed by atoms with Gasteiger partial charge >= 0.3 is 0 Å². The number of rotatable bonds is 6. The molecule has 1 unspecified atom stereocenters. The number of nitrogens with zero attached hydrogens (tertiary/aromatic N) is 1. The van der Waals surface area contributed by atoms with Crippen molar-refractivity contribution in [3.05, 3.63) is 69.8 Å². The lowest BCUT2D eigenvalue weighted by atomic mass is 10.1. The van der Waals surface area contributed by atoms with Gasteiger partial charge in [0.2, 0.25) is 0 Å². The summed E-state index contributed by atoms with van der Waals surface area (Å²) >= 11 is 0. The Morgan fingerprint density at radius 1 is 1.24 bits per heavy atom. The summed E-state index contributed by atoms with van der Waals surface area (Å²) < 4.78 is 5.73. The first-order valence-corrected chi connectivity index (χ1v) is 6.73. The molecule has 110 valence electrons. The van der Waals surface area contributed by atoms with E-state index < -0.39 is 4.92 Å². The Morgan fingerprint density at radius 2 is 1.95 bits per heavy atom. The molecule has 0 bridgehead atoms. The molecule has 2 aromatic carbocycles. The van der Waals surface area contributed by atoms with Crippen LogP contribution in [0, 0.1) is 10.1 Å². The molecule has 0 fully saturated rings. The first-order chi connectivity index (χ1) is 10.1. The van der Waals surface area contributed by atoms with E-state index in [1.807, 2.05) is 31.3 Å². The highest BCUT2D eigenvalue weighted by Crippen LogP contribution is 2.20. The van der Waals surface area contributed by atoms with Gasteiger partial charge in [-0.1, -0.05) is 12.1 Å². The van der Waals surface area contributed by atoms with E-state index in [-0.39, 0.29) is 11.7 Å². The van der Waals surface area contributed by atoms with E-state index >= 15 is 0 Å². The second-order valence-electron chi connectivity index (χ2n) is 4.80. The molecule has 0 aliphatic carbocycles. The van der Waals surface area contributed by atoms with Crippen molar-refractivity contribution in [3.63, 3.8) is 0 Å². The summed E-state index contributed by atoms with van der Waals surface area (Å²) in [6.45, 7) is 2.46. The highest BCUT2D eigenvalue weighted by molar-refractivity contribution is 5.34. The molecular weight excluding hydrogens is 268 g/mol. The largest absolute Gasteiger partial charge is 0.489 e. The molecule has 5 nitrogen and oxygen atoms in total. The molecule has 0 heterocycles. The van der Waals surface area contributed by atoms with Crippen LogP contribution < -0.4 is 10.1 Å². The average Bonchev–Trinajstić information content (AvgIpc) is 2.52. The molecule has 2 rings (SSSR count). The summed E-state index contributed by atoms with van der Waals surface area (Å²) in [5.41, 5.74) is 2.13. The zero-order valence-corrected chi connectivity index (χ0v) is 12.1. The molecule has 0 aromatic heterocycles. The van der Waals surface area contributed by atoms with Crippen molar-refractivity contribution in [2.24, 2.45) is 0 Å². The standard InChI is InChI=1S/C16H18N2O3/c1-12(17-2)14-4-3-5-16(10-14)21-11-13-6-8-15(9-7-13)18(19)20/h3-10,12,17H,11H2,1-2H3. The van der Waals surface area contributed by atoms with Gasteiger partial charge in [0.05, 0.1) is 4.92 Å². The molecule has 0 amide bonds. The highest BCUT2D eigenvalue weighted by Gasteiger charge is 2.06. The van der Waals surface area contributed by atoms with Gasteiger partial charge in [-0.2, -0.15) is 0 Å². The normalized spacial score (nSPS) is 11.9. The van der Waals surface area contributed by atoms with Gasteiger partial charge in [0.25, 0.3) is 5.69 Å². The third-order valence-electron chi connectivity index (χ3n) is 3.34. The van der Waals surface area contributed by atoms with Crippen LogP contribution in [0.1, 0.15) is 24.1 Å². The van der Waals surface area contributed by atoms with Crippen molar-refractivity contribution in [3.8, 4) is 5.75 Å². The second-order valence-corrected chi connectivity index (χ2v) is 4.80. The number of nitro benzene ring substituents is 1. The summed E-state index contributed by atoms with van der Waals surface area (Å²) in [5, 5.41) is 13.8. The molecule has 1 N–H and O–H groups in total. The molecular formula is C16H18N2O3. The first-order valence-electron chi connectivity index (χ1n) is 6.73. The van der Waals surface area contributed by atoms with Crippen LogP contribution >= 0.6 is 0 Å².